The molecule has 1 fully saturated rings. The largest absolute Gasteiger partial charge is 0.481 e. The number of nitrogens with zero attached hydrogens (tertiary/aromatic N) is 1. The molecule has 88 valence electrons. The lowest BCUT2D eigenvalue weighted by molar-refractivity contribution is -0.148. The molecule has 1 aliphatic heterocycles. The zero-order chi connectivity index (χ0) is 11.5. The van der Waals surface area contributed by atoms with Gasteiger partial charge in [-0.3, -0.25) is 9.69 Å². The molecule has 0 saturated carbocycles. The van der Waals surface area contributed by atoms with Crippen LogP contribution in [0.25, 0.3) is 0 Å². The summed E-state index contributed by atoms with van der Waals surface area (Å²) >= 11 is 0. The van der Waals surface area contributed by atoms with Crippen molar-refractivity contribution in [1.82, 2.24) is 10.2 Å². The van der Waals surface area contributed by atoms with Crippen LogP contribution in [-0.4, -0.2) is 48.2 Å². The van der Waals surface area contributed by atoms with E-state index in [0.29, 0.717) is 12.6 Å². The predicted molar refractivity (Wildman–Crippen MR) is 59.9 cm³/mol. The third kappa shape index (κ3) is 3.18. The van der Waals surface area contributed by atoms with Crippen LogP contribution in [0, 0.1) is 5.41 Å². The van der Waals surface area contributed by atoms with Gasteiger partial charge in [0.2, 0.25) is 0 Å². The van der Waals surface area contributed by atoms with Gasteiger partial charge in [0.05, 0.1) is 5.41 Å². The number of hydrogen-bond donors (Lipinski definition) is 2. The normalized spacial score (nSPS) is 17.9. The van der Waals surface area contributed by atoms with Crippen LogP contribution in [0.15, 0.2) is 0 Å². The van der Waals surface area contributed by atoms with Gasteiger partial charge in [0.1, 0.15) is 0 Å². The molecule has 1 aliphatic rings. The minimum atomic E-state index is -0.712. The van der Waals surface area contributed by atoms with Gasteiger partial charge < -0.3 is 10.4 Å². The van der Waals surface area contributed by atoms with E-state index in [1.807, 2.05) is 0 Å². The number of rotatable bonds is 6. The Labute approximate surface area is 91.6 Å². The quantitative estimate of drug-likeness (QED) is 0.686. The summed E-state index contributed by atoms with van der Waals surface area (Å²) in [7, 11) is 0. The monoisotopic (exact) mass is 214 g/mol. The van der Waals surface area contributed by atoms with Crippen molar-refractivity contribution in [3.05, 3.63) is 0 Å². The molecule has 0 aromatic rings. The molecule has 0 aromatic heterocycles. The number of carboxylic acid groups (broad SMARTS) is 1. The van der Waals surface area contributed by atoms with Crippen molar-refractivity contribution < 1.29 is 9.90 Å². The summed E-state index contributed by atoms with van der Waals surface area (Å²) in [6.45, 7) is 9.35. The summed E-state index contributed by atoms with van der Waals surface area (Å²) < 4.78 is 0. The van der Waals surface area contributed by atoms with E-state index in [1.165, 1.54) is 0 Å². The van der Waals surface area contributed by atoms with Crippen LogP contribution >= 0.6 is 0 Å². The highest BCUT2D eigenvalue weighted by molar-refractivity contribution is 5.73. The van der Waals surface area contributed by atoms with Crippen LogP contribution < -0.4 is 5.32 Å². The minimum absolute atomic E-state index is 0.531. The molecule has 0 aromatic carbocycles. The molecule has 0 spiro atoms. The fourth-order valence-electron chi connectivity index (χ4n) is 1.78. The summed E-state index contributed by atoms with van der Waals surface area (Å²) in [5.74, 6) is -0.712. The second-order valence-electron chi connectivity index (χ2n) is 4.97. The van der Waals surface area contributed by atoms with Gasteiger partial charge in [-0.1, -0.05) is 6.92 Å². The number of nitrogens with one attached hydrogen (secondary N) is 1. The third-order valence-electron chi connectivity index (χ3n) is 2.96. The molecule has 0 unspecified atom stereocenters. The summed E-state index contributed by atoms with van der Waals surface area (Å²) in [6.07, 6.45) is 1.08. The molecule has 0 radical (unpaired) electrons. The molecule has 1 saturated heterocycles. The van der Waals surface area contributed by atoms with Gasteiger partial charge in [0, 0.05) is 25.7 Å². The summed E-state index contributed by atoms with van der Waals surface area (Å²) in [6, 6.07) is 0.531. The number of carboxylic acids is 1. The molecule has 4 nitrogen and oxygen atoms in total. The fraction of sp³-hybridized carbons (Fsp3) is 0.909. The molecule has 0 atom stereocenters. The molecule has 0 bridgehead atoms. The topological polar surface area (TPSA) is 52.6 Å². The Kier molecular flexibility index (Phi) is 4.11. The Balaban J connectivity index is 2.53. The van der Waals surface area contributed by atoms with Gasteiger partial charge in [-0.2, -0.15) is 0 Å². The molecular formula is C11H22N2O2. The first-order chi connectivity index (χ1) is 6.97. The van der Waals surface area contributed by atoms with Gasteiger partial charge in [0.15, 0.2) is 0 Å². The van der Waals surface area contributed by atoms with Crippen LogP contribution in [0.3, 0.4) is 0 Å². The van der Waals surface area contributed by atoms with E-state index in [-0.39, 0.29) is 0 Å². The van der Waals surface area contributed by atoms with Gasteiger partial charge in [-0.05, 0) is 26.8 Å². The Hall–Kier alpha value is -0.610. The van der Waals surface area contributed by atoms with E-state index in [1.54, 1.807) is 13.8 Å². The van der Waals surface area contributed by atoms with Crippen molar-refractivity contribution in [2.24, 2.45) is 5.41 Å². The highest BCUT2D eigenvalue weighted by atomic mass is 16.4. The Morgan fingerprint density at radius 2 is 2.13 bits per heavy atom. The van der Waals surface area contributed by atoms with Crippen molar-refractivity contribution in [3.63, 3.8) is 0 Å². The van der Waals surface area contributed by atoms with Gasteiger partial charge >= 0.3 is 5.97 Å². The highest BCUT2D eigenvalue weighted by Crippen LogP contribution is 2.20. The van der Waals surface area contributed by atoms with Gasteiger partial charge in [-0.25, -0.2) is 0 Å². The molecule has 15 heavy (non-hydrogen) atoms. The fourth-order valence-corrected chi connectivity index (χ4v) is 1.78. The Bertz CT molecular complexity index is 225. The third-order valence-corrected chi connectivity index (χ3v) is 2.96. The lowest BCUT2D eigenvalue weighted by Crippen LogP contribution is -2.59. The van der Waals surface area contributed by atoms with Gasteiger partial charge in [-0.15, -0.1) is 0 Å². The van der Waals surface area contributed by atoms with Crippen LogP contribution in [0.1, 0.15) is 27.2 Å². The van der Waals surface area contributed by atoms with E-state index in [0.717, 1.165) is 26.1 Å². The van der Waals surface area contributed by atoms with Crippen LogP contribution in [0.4, 0.5) is 0 Å². The zero-order valence-corrected chi connectivity index (χ0v) is 9.92. The van der Waals surface area contributed by atoms with Crippen LogP contribution in [0.5, 0.6) is 0 Å². The second-order valence-corrected chi connectivity index (χ2v) is 4.97. The molecule has 1 rings (SSSR count). The Morgan fingerprint density at radius 1 is 1.53 bits per heavy atom. The van der Waals surface area contributed by atoms with E-state index >= 15 is 0 Å². The molecule has 0 amide bonds. The molecule has 1 heterocycles. The standard InChI is InChI=1S/C11H22N2O2/c1-4-5-13(9-6-12-7-9)8-11(2,3)10(14)15/h9,12H,4-8H2,1-3H3,(H,14,15). The van der Waals surface area contributed by atoms with Crippen molar-refractivity contribution in [1.29, 1.82) is 0 Å². The molecule has 4 heteroatoms. The van der Waals surface area contributed by atoms with E-state index in [9.17, 15) is 4.79 Å². The Morgan fingerprint density at radius 3 is 2.47 bits per heavy atom. The average molecular weight is 214 g/mol. The SMILES string of the molecule is CCCN(CC(C)(C)C(=O)O)C1CNC1. The lowest BCUT2D eigenvalue weighted by atomic mass is 9.91. The van der Waals surface area contributed by atoms with Crippen molar-refractivity contribution in [2.45, 2.75) is 33.2 Å². The van der Waals surface area contributed by atoms with Crippen LogP contribution in [0.2, 0.25) is 0 Å². The minimum Gasteiger partial charge on any atom is -0.481 e. The van der Waals surface area contributed by atoms with E-state index < -0.39 is 11.4 Å². The molecule has 2 N–H and O–H groups in total. The summed E-state index contributed by atoms with van der Waals surface area (Å²) in [4.78, 5) is 13.3. The zero-order valence-electron chi connectivity index (χ0n) is 9.92. The van der Waals surface area contributed by atoms with E-state index in [4.69, 9.17) is 5.11 Å². The first-order valence-corrected chi connectivity index (χ1v) is 5.65. The molecular weight excluding hydrogens is 192 g/mol. The first-order valence-electron chi connectivity index (χ1n) is 5.65. The maximum atomic E-state index is 11.0. The summed E-state index contributed by atoms with van der Waals surface area (Å²) in [5.41, 5.74) is -0.648. The average Bonchev–Trinajstić information content (AvgIpc) is 1.99. The van der Waals surface area contributed by atoms with Crippen molar-refractivity contribution in [2.75, 3.05) is 26.2 Å². The lowest BCUT2D eigenvalue weighted by Gasteiger charge is -2.41. The van der Waals surface area contributed by atoms with Crippen molar-refractivity contribution >= 4 is 5.97 Å². The molecule has 0 aliphatic carbocycles. The number of hydrogen-bond acceptors (Lipinski definition) is 3. The predicted octanol–water partition coefficient (Wildman–Crippen LogP) is 0.781. The number of aliphatic carboxylic acids is 1. The van der Waals surface area contributed by atoms with Crippen molar-refractivity contribution in [3.8, 4) is 0 Å². The second kappa shape index (κ2) is 4.94. The van der Waals surface area contributed by atoms with E-state index in [2.05, 4.69) is 17.1 Å². The summed E-state index contributed by atoms with van der Waals surface area (Å²) in [5, 5.41) is 12.3. The maximum absolute atomic E-state index is 11.0. The number of carbonyl (C=O) groups is 1. The maximum Gasteiger partial charge on any atom is 0.310 e. The smallest absolute Gasteiger partial charge is 0.310 e. The van der Waals surface area contributed by atoms with Gasteiger partial charge in [0.25, 0.3) is 0 Å². The highest BCUT2D eigenvalue weighted by Gasteiger charge is 2.33. The first kappa shape index (κ1) is 12.5. The van der Waals surface area contributed by atoms with Crippen LogP contribution in [-0.2, 0) is 4.79 Å².